The zero-order valence-electron chi connectivity index (χ0n) is 12.0. The van der Waals surface area contributed by atoms with Crippen LogP contribution in [0.4, 0.5) is 0 Å². The van der Waals surface area contributed by atoms with Crippen molar-refractivity contribution < 1.29 is 9.90 Å². The van der Waals surface area contributed by atoms with Gasteiger partial charge in [-0.2, -0.15) is 0 Å². The van der Waals surface area contributed by atoms with Crippen LogP contribution in [0.3, 0.4) is 0 Å². The first-order chi connectivity index (χ1) is 11.1. The van der Waals surface area contributed by atoms with Gasteiger partial charge in [0, 0.05) is 16.9 Å². The summed E-state index contributed by atoms with van der Waals surface area (Å²) in [6, 6.07) is 14.0. The van der Waals surface area contributed by atoms with Crippen LogP contribution in [0.25, 0.3) is 5.69 Å². The number of carboxylic acids is 1. The second kappa shape index (κ2) is 6.26. The summed E-state index contributed by atoms with van der Waals surface area (Å²) in [5.74, 6) is -0.964. The van der Waals surface area contributed by atoms with E-state index in [0.29, 0.717) is 6.54 Å². The van der Waals surface area contributed by atoms with E-state index in [1.807, 2.05) is 24.3 Å². The van der Waals surface area contributed by atoms with Crippen molar-refractivity contribution in [2.24, 2.45) is 0 Å². The molecule has 0 atom stereocenters. The van der Waals surface area contributed by atoms with Crippen molar-refractivity contribution in [3.63, 3.8) is 0 Å². The molecule has 116 valence electrons. The van der Waals surface area contributed by atoms with Crippen LogP contribution in [0.2, 0.25) is 0 Å². The third kappa shape index (κ3) is 3.12. The van der Waals surface area contributed by atoms with Gasteiger partial charge in [-0.25, -0.2) is 9.59 Å². The molecule has 0 aliphatic heterocycles. The van der Waals surface area contributed by atoms with Gasteiger partial charge in [-0.3, -0.25) is 9.13 Å². The van der Waals surface area contributed by atoms with Crippen LogP contribution in [-0.4, -0.2) is 20.2 Å². The Balaban J connectivity index is 1.89. The second-order valence-corrected chi connectivity index (χ2v) is 5.89. The molecule has 0 saturated carbocycles. The number of aromatic nitrogens is 2. The third-order valence-corrected chi connectivity index (χ3v) is 4.18. The summed E-state index contributed by atoms with van der Waals surface area (Å²) in [6.07, 6.45) is 3.43. The standard InChI is InChI=1S/C17H13BrN2O3/c18-14-3-1-2-4-15(14)20-10-9-19(17(20)23)11-12-5-7-13(8-6-12)16(21)22/h1-10H,11H2,(H,21,22). The summed E-state index contributed by atoms with van der Waals surface area (Å²) in [5, 5.41) is 8.90. The molecular weight excluding hydrogens is 360 g/mol. The number of benzene rings is 2. The third-order valence-electron chi connectivity index (χ3n) is 3.51. The van der Waals surface area contributed by atoms with Gasteiger partial charge in [-0.1, -0.05) is 24.3 Å². The van der Waals surface area contributed by atoms with E-state index in [0.717, 1.165) is 15.7 Å². The van der Waals surface area contributed by atoms with Gasteiger partial charge in [-0.15, -0.1) is 0 Å². The van der Waals surface area contributed by atoms with E-state index in [2.05, 4.69) is 15.9 Å². The van der Waals surface area contributed by atoms with Gasteiger partial charge in [-0.05, 0) is 45.8 Å². The van der Waals surface area contributed by atoms with Crippen LogP contribution >= 0.6 is 15.9 Å². The number of carbonyl (C=O) groups is 1. The molecule has 0 amide bonds. The van der Waals surface area contributed by atoms with Crippen molar-refractivity contribution in [3.05, 3.63) is 87.0 Å². The van der Waals surface area contributed by atoms with Gasteiger partial charge in [0.2, 0.25) is 0 Å². The summed E-state index contributed by atoms with van der Waals surface area (Å²) in [7, 11) is 0. The lowest BCUT2D eigenvalue weighted by Gasteiger charge is -2.05. The number of rotatable bonds is 4. The number of carboxylic acid groups (broad SMARTS) is 1. The van der Waals surface area contributed by atoms with Crippen LogP contribution in [0, 0.1) is 0 Å². The predicted molar refractivity (Wildman–Crippen MR) is 90.2 cm³/mol. The Morgan fingerprint density at radius 2 is 1.74 bits per heavy atom. The summed E-state index contributed by atoms with van der Waals surface area (Å²) in [5.41, 5.74) is 1.71. The zero-order chi connectivity index (χ0) is 16.4. The van der Waals surface area contributed by atoms with Crippen LogP contribution in [0.1, 0.15) is 15.9 Å². The molecule has 0 unspecified atom stereocenters. The Morgan fingerprint density at radius 3 is 2.39 bits per heavy atom. The van der Waals surface area contributed by atoms with Crippen molar-refractivity contribution in [3.8, 4) is 5.69 Å². The molecule has 0 bridgehead atoms. The van der Waals surface area contributed by atoms with Gasteiger partial charge in [0.1, 0.15) is 0 Å². The van der Waals surface area contributed by atoms with E-state index < -0.39 is 5.97 Å². The molecule has 2 aromatic carbocycles. The van der Waals surface area contributed by atoms with Crippen molar-refractivity contribution in [1.29, 1.82) is 0 Å². The Kier molecular flexibility index (Phi) is 4.16. The first-order valence-electron chi connectivity index (χ1n) is 6.91. The topological polar surface area (TPSA) is 64.2 Å². The first-order valence-corrected chi connectivity index (χ1v) is 7.70. The predicted octanol–water partition coefficient (Wildman–Crippen LogP) is 3.15. The fraction of sp³-hybridized carbons (Fsp3) is 0.0588. The fourth-order valence-corrected chi connectivity index (χ4v) is 2.79. The van der Waals surface area contributed by atoms with E-state index in [-0.39, 0.29) is 11.3 Å². The van der Waals surface area contributed by atoms with E-state index in [1.165, 1.54) is 12.1 Å². The molecule has 6 heteroatoms. The SMILES string of the molecule is O=C(O)c1ccc(Cn2ccn(-c3ccccc3Br)c2=O)cc1. The number of aromatic carboxylic acids is 1. The molecule has 23 heavy (non-hydrogen) atoms. The molecule has 0 aliphatic rings. The minimum absolute atomic E-state index is 0.154. The lowest BCUT2D eigenvalue weighted by atomic mass is 10.1. The molecule has 1 heterocycles. The Morgan fingerprint density at radius 1 is 1.04 bits per heavy atom. The lowest BCUT2D eigenvalue weighted by molar-refractivity contribution is 0.0697. The Labute approximate surface area is 140 Å². The normalized spacial score (nSPS) is 10.7. The number of hydrogen-bond acceptors (Lipinski definition) is 2. The van der Waals surface area contributed by atoms with Crippen LogP contribution in [-0.2, 0) is 6.54 Å². The summed E-state index contributed by atoms with van der Waals surface area (Å²) >= 11 is 3.44. The average molecular weight is 373 g/mol. The van der Waals surface area contributed by atoms with Crippen LogP contribution < -0.4 is 5.69 Å². The molecule has 0 aliphatic carbocycles. The number of imidazole rings is 1. The largest absolute Gasteiger partial charge is 0.478 e. The fourth-order valence-electron chi connectivity index (χ4n) is 2.31. The van der Waals surface area contributed by atoms with Gasteiger partial charge in [0.15, 0.2) is 0 Å². The van der Waals surface area contributed by atoms with Crippen molar-refractivity contribution in [2.45, 2.75) is 6.54 Å². The Hall–Kier alpha value is -2.60. The average Bonchev–Trinajstić information content (AvgIpc) is 2.89. The van der Waals surface area contributed by atoms with Gasteiger partial charge < -0.3 is 5.11 Å². The molecule has 3 aromatic rings. The lowest BCUT2D eigenvalue weighted by Crippen LogP contribution is -2.23. The van der Waals surface area contributed by atoms with Gasteiger partial charge in [0.05, 0.1) is 17.8 Å². The maximum atomic E-state index is 12.5. The number of para-hydroxylation sites is 1. The molecule has 0 saturated heterocycles. The van der Waals surface area contributed by atoms with Crippen molar-refractivity contribution >= 4 is 21.9 Å². The minimum Gasteiger partial charge on any atom is -0.478 e. The smallest absolute Gasteiger partial charge is 0.335 e. The quantitative estimate of drug-likeness (QED) is 0.764. The van der Waals surface area contributed by atoms with Crippen LogP contribution in [0.15, 0.2) is 70.2 Å². The maximum Gasteiger partial charge on any atom is 0.335 e. The van der Waals surface area contributed by atoms with E-state index in [9.17, 15) is 9.59 Å². The maximum absolute atomic E-state index is 12.5. The highest BCUT2D eigenvalue weighted by molar-refractivity contribution is 9.10. The summed E-state index contributed by atoms with van der Waals surface area (Å²) in [6.45, 7) is 0.385. The first kappa shape index (κ1) is 15.3. The van der Waals surface area contributed by atoms with Gasteiger partial charge >= 0.3 is 11.7 Å². The highest BCUT2D eigenvalue weighted by Crippen LogP contribution is 2.18. The Bertz CT molecular complexity index is 910. The van der Waals surface area contributed by atoms with E-state index in [1.54, 1.807) is 33.7 Å². The number of halogens is 1. The van der Waals surface area contributed by atoms with E-state index in [4.69, 9.17) is 5.11 Å². The highest BCUT2D eigenvalue weighted by atomic mass is 79.9. The molecular formula is C17H13BrN2O3. The number of hydrogen-bond donors (Lipinski definition) is 1. The molecule has 5 nitrogen and oxygen atoms in total. The van der Waals surface area contributed by atoms with Crippen LogP contribution in [0.5, 0.6) is 0 Å². The second-order valence-electron chi connectivity index (χ2n) is 5.03. The highest BCUT2D eigenvalue weighted by Gasteiger charge is 2.09. The number of nitrogens with zero attached hydrogens (tertiary/aromatic N) is 2. The van der Waals surface area contributed by atoms with Crippen molar-refractivity contribution in [2.75, 3.05) is 0 Å². The minimum atomic E-state index is -0.964. The van der Waals surface area contributed by atoms with Gasteiger partial charge in [0.25, 0.3) is 0 Å². The molecule has 1 aromatic heterocycles. The molecule has 0 fully saturated rings. The summed E-state index contributed by atoms with van der Waals surface area (Å²) < 4.78 is 3.98. The van der Waals surface area contributed by atoms with Crippen molar-refractivity contribution in [1.82, 2.24) is 9.13 Å². The molecule has 0 radical (unpaired) electrons. The van der Waals surface area contributed by atoms with E-state index >= 15 is 0 Å². The monoisotopic (exact) mass is 372 g/mol. The molecule has 0 spiro atoms. The zero-order valence-corrected chi connectivity index (χ0v) is 13.6. The summed E-state index contributed by atoms with van der Waals surface area (Å²) in [4.78, 5) is 23.4. The molecule has 3 rings (SSSR count). The molecule has 1 N–H and O–H groups in total.